The number of hydrogen-bond acceptors (Lipinski definition) is 6. The van der Waals surface area contributed by atoms with Gasteiger partial charge in [0.25, 0.3) is 0 Å². The SMILES string of the molecule is CS(=O)(=O)Nc1c(OC2CCCC2)ccc2c1OCCC2N1C=NCC1. The van der Waals surface area contributed by atoms with Crippen LogP contribution in [0.5, 0.6) is 11.5 Å². The smallest absolute Gasteiger partial charge is 0.230 e. The predicted molar refractivity (Wildman–Crippen MR) is 101 cm³/mol. The normalized spacial score (nSPS) is 23.0. The van der Waals surface area contributed by atoms with Crippen LogP contribution in [0.25, 0.3) is 0 Å². The van der Waals surface area contributed by atoms with Gasteiger partial charge in [-0.05, 0) is 37.8 Å². The first-order valence-corrected chi connectivity index (χ1v) is 11.1. The lowest BCUT2D eigenvalue weighted by Crippen LogP contribution is -2.31. The molecule has 1 saturated carbocycles. The van der Waals surface area contributed by atoms with Gasteiger partial charge in [-0.1, -0.05) is 0 Å². The Morgan fingerprint density at radius 1 is 1.27 bits per heavy atom. The van der Waals surface area contributed by atoms with Crippen molar-refractivity contribution in [2.24, 2.45) is 4.99 Å². The molecular weight excluding hydrogens is 354 g/mol. The van der Waals surface area contributed by atoms with Crippen LogP contribution in [0.4, 0.5) is 5.69 Å². The Kier molecular flexibility index (Phi) is 4.69. The van der Waals surface area contributed by atoms with Gasteiger partial charge in [-0.25, -0.2) is 8.42 Å². The van der Waals surface area contributed by atoms with Crippen molar-refractivity contribution in [3.8, 4) is 11.5 Å². The molecule has 26 heavy (non-hydrogen) atoms. The summed E-state index contributed by atoms with van der Waals surface area (Å²) in [4.78, 5) is 6.50. The fraction of sp³-hybridized carbons (Fsp3) is 0.611. The number of sulfonamides is 1. The van der Waals surface area contributed by atoms with Crippen molar-refractivity contribution >= 4 is 22.0 Å². The molecule has 0 amide bonds. The minimum absolute atomic E-state index is 0.137. The van der Waals surface area contributed by atoms with E-state index in [0.29, 0.717) is 23.8 Å². The second kappa shape index (κ2) is 6.98. The van der Waals surface area contributed by atoms with Crippen LogP contribution in [0.2, 0.25) is 0 Å². The van der Waals surface area contributed by atoms with Crippen LogP contribution < -0.4 is 14.2 Å². The van der Waals surface area contributed by atoms with Gasteiger partial charge in [0.15, 0.2) is 5.75 Å². The van der Waals surface area contributed by atoms with E-state index in [1.54, 1.807) is 0 Å². The average molecular weight is 379 g/mol. The summed E-state index contributed by atoms with van der Waals surface area (Å²) in [5, 5.41) is 0. The minimum atomic E-state index is -3.45. The van der Waals surface area contributed by atoms with E-state index in [9.17, 15) is 8.42 Å². The maximum Gasteiger partial charge on any atom is 0.230 e. The Balaban J connectivity index is 1.72. The molecule has 3 aliphatic rings. The molecule has 1 aliphatic carbocycles. The first-order valence-electron chi connectivity index (χ1n) is 9.21. The van der Waals surface area contributed by atoms with E-state index in [2.05, 4.69) is 14.6 Å². The minimum Gasteiger partial charge on any atom is -0.491 e. The maximum absolute atomic E-state index is 12.0. The highest BCUT2D eigenvalue weighted by Gasteiger charge is 2.31. The standard InChI is InChI=1S/C18H25N3O4S/c1-26(22,23)20-17-16(25-13-4-2-3-5-13)7-6-14-15(8-11-24-18(14)17)21-10-9-19-12-21/h6-7,12-13,15,20H,2-5,8-11H2,1H3. The Bertz CT molecular complexity index is 803. The molecule has 2 aliphatic heterocycles. The zero-order valence-electron chi connectivity index (χ0n) is 15.0. The molecule has 1 fully saturated rings. The van der Waals surface area contributed by atoms with Crippen molar-refractivity contribution in [1.29, 1.82) is 0 Å². The Morgan fingerprint density at radius 2 is 2.08 bits per heavy atom. The zero-order valence-corrected chi connectivity index (χ0v) is 15.8. The first kappa shape index (κ1) is 17.5. The highest BCUT2D eigenvalue weighted by molar-refractivity contribution is 7.92. The van der Waals surface area contributed by atoms with Crippen LogP contribution in [-0.2, 0) is 10.0 Å². The number of ether oxygens (including phenoxy) is 2. The lowest BCUT2D eigenvalue weighted by Gasteiger charge is -2.34. The third kappa shape index (κ3) is 3.60. The van der Waals surface area contributed by atoms with Gasteiger partial charge in [-0.15, -0.1) is 0 Å². The van der Waals surface area contributed by atoms with E-state index >= 15 is 0 Å². The van der Waals surface area contributed by atoms with Gasteiger partial charge in [-0.3, -0.25) is 9.71 Å². The van der Waals surface area contributed by atoms with Crippen LogP contribution in [0.3, 0.4) is 0 Å². The third-order valence-corrected chi connectivity index (χ3v) is 5.72. The summed E-state index contributed by atoms with van der Waals surface area (Å²) in [6, 6.07) is 4.02. The van der Waals surface area contributed by atoms with E-state index in [-0.39, 0.29) is 12.1 Å². The first-order chi connectivity index (χ1) is 12.5. The fourth-order valence-electron chi connectivity index (χ4n) is 3.97. The van der Waals surface area contributed by atoms with Gasteiger partial charge < -0.3 is 14.4 Å². The maximum atomic E-state index is 12.0. The molecule has 1 unspecified atom stereocenters. The number of nitrogens with one attached hydrogen (secondary N) is 1. The monoisotopic (exact) mass is 379 g/mol. The van der Waals surface area contributed by atoms with E-state index in [0.717, 1.165) is 57.0 Å². The molecule has 142 valence electrons. The summed E-state index contributed by atoms with van der Waals surface area (Å²) in [6.07, 6.45) is 8.32. The molecule has 4 rings (SSSR count). The summed E-state index contributed by atoms with van der Waals surface area (Å²) in [5.41, 5.74) is 1.41. The highest BCUT2D eigenvalue weighted by Crippen LogP contribution is 2.46. The van der Waals surface area contributed by atoms with Crippen LogP contribution >= 0.6 is 0 Å². The lowest BCUT2D eigenvalue weighted by molar-refractivity contribution is 0.199. The van der Waals surface area contributed by atoms with Crippen molar-refractivity contribution in [3.05, 3.63) is 17.7 Å². The molecule has 0 radical (unpaired) electrons. The molecule has 0 saturated heterocycles. The molecule has 7 nitrogen and oxygen atoms in total. The quantitative estimate of drug-likeness (QED) is 0.850. The average Bonchev–Trinajstić information content (AvgIpc) is 3.29. The lowest BCUT2D eigenvalue weighted by atomic mass is 9.98. The van der Waals surface area contributed by atoms with Crippen LogP contribution in [-0.4, -0.2) is 51.7 Å². The molecule has 0 aromatic heterocycles. The molecular formula is C18H25N3O4S. The van der Waals surface area contributed by atoms with E-state index in [4.69, 9.17) is 9.47 Å². The van der Waals surface area contributed by atoms with Crippen molar-refractivity contribution in [1.82, 2.24) is 4.90 Å². The Hall–Kier alpha value is -1.96. The summed E-state index contributed by atoms with van der Waals surface area (Å²) >= 11 is 0. The molecule has 1 N–H and O–H groups in total. The van der Waals surface area contributed by atoms with Crippen molar-refractivity contribution in [3.63, 3.8) is 0 Å². The van der Waals surface area contributed by atoms with Crippen molar-refractivity contribution < 1.29 is 17.9 Å². The number of fused-ring (bicyclic) bond motifs is 1. The molecule has 0 bridgehead atoms. The number of benzene rings is 1. The van der Waals surface area contributed by atoms with Gasteiger partial charge >= 0.3 is 0 Å². The van der Waals surface area contributed by atoms with Gasteiger partial charge in [0, 0.05) is 18.5 Å². The molecule has 1 aromatic carbocycles. The van der Waals surface area contributed by atoms with E-state index in [1.807, 2.05) is 18.5 Å². The second-order valence-corrected chi connectivity index (χ2v) is 8.92. The van der Waals surface area contributed by atoms with Crippen molar-refractivity contribution in [2.75, 3.05) is 30.7 Å². The van der Waals surface area contributed by atoms with Crippen LogP contribution in [0, 0.1) is 0 Å². The molecule has 2 heterocycles. The van der Waals surface area contributed by atoms with Gasteiger partial charge in [0.1, 0.15) is 11.4 Å². The van der Waals surface area contributed by atoms with Gasteiger partial charge in [0.05, 0.1) is 37.9 Å². The predicted octanol–water partition coefficient (Wildman–Crippen LogP) is 2.55. The number of hydrogen-bond donors (Lipinski definition) is 1. The molecule has 0 spiro atoms. The molecule has 8 heteroatoms. The van der Waals surface area contributed by atoms with Crippen LogP contribution in [0.1, 0.15) is 43.7 Å². The fourth-order valence-corrected chi connectivity index (χ4v) is 4.53. The number of anilines is 1. The van der Waals surface area contributed by atoms with E-state index in [1.165, 1.54) is 0 Å². The topological polar surface area (TPSA) is 80.2 Å². The number of nitrogens with zero attached hydrogens (tertiary/aromatic N) is 2. The Labute approximate surface area is 154 Å². The van der Waals surface area contributed by atoms with E-state index < -0.39 is 10.0 Å². The zero-order chi connectivity index (χ0) is 18.1. The molecule has 1 aromatic rings. The van der Waals surface area contributed by atoms with Crippen molar-refractivity contribution in [2.45, 2.75) is 44.2 Å². The van der Waals surface area contributed by atoms with Crippen LogP contribution in [0.15, 0.2) is 17.1 Å². The molecule has 1 atom stereocenters. The summed E-state index contributed by atoms with van der Waals surface area (Å²) < 4.78 is 38.6. The summed E-state index contributed by atoms with van der Waals surface area (Å²) in [6.45, 7) is 2.20. The number of rotatable bonds is 5. The Morgan fingerprint density at radius 3 is 2.77 bits per heavy atom. The second-order valence-electron chi connectivity index (χ2n) is 7.17. The highest BCUT2D eigenvalue weighted by atomic mass is 32.2. The third-order valence-electron chi connectivity index (χ3n) is 5.15. The largest absolute Gasteiger partial charge is 0.491 e. The summed E-state index contributed by atoms with van der Waals surface area (Å²) in [5.74, 6) is 1.14. The summed E-state index contributed by atoms with van der Waals surface area (Å²) in [7, 11) is -3.45. The van der Waals surface area contributed by atoms with Gasteiger partial charge in [-0.2, -0.15) is 0 Å². The van der Waals surface area contributed by atoms with Gasteiger partial charge in [0.2, 0.25) is 10.0 Å². The number of aliphatic imine (C=N–C) groups is 1.